The first-order valence-corrected chi connectivity index (χ1v) is 6.20. The number of nitrogens with zero attached hydrogens (tertiary/aromatic N) is 1. The Balaban J connectivity index is 1.91. The smallest absolute Gasteiger partial charge is 0.172 e. The fraction of sp³-hybridized carbons (Fsp3) is 0.0909. The predicted molar refractivity (Wildman–Crippen MR) is 76.0 cm³/mol. The molecule has 94 valence electrons. The van der Waals surface area contributed by atoms with Gasteiger partial charge in [0.15, 0.2) is 10.9 Å². The van der Waals surface area contributed by atoms with Crippen molar-refractivity contribution in [3.63, 3.8) is 0 Å². The van der Waals surface area contributed by atoms with Gasteiger partial charge in [-0.15, -0.1) is 0 Å². The zero-order chi connectivity index (χ0) is 13.0. The van der Waals surface area contributed by atoms with Gasteiger partial charge in [0.25, 0.3) is 0 Å². The molecular formula is C11H9Cl2N3OS. The molecule has 0 amide bonds. The largest absolute Gasteiger partial charge is 0.467 e. The molecule has 0 saturated heterocycles. The minimum atomic E-state index is 0.406. The molecule has 0 aliphatic heterocycles. The molecular weight excluding hydrogens is 293 g/mol. The molecule has 2 aromatic rings. The third-order valence-electron chi connectivity index (χ3n) is 2.04. The van der Waals surface area contributed by atoms with Crippen LogP contribution in [0.2, 0.25) is 10.0 Å². The molecule has 0 aliphatic rings. The van der Waals surface area contributed by atoms with Crippen LogP contribution < -0.4 is 10.6 Å². The Morgan fingerprint density at radius 2 is 2.28 bits per heavy atom. The number of nitrogens with one attached hydrogen (secondary N) is 2. The molecule has 0 fully saturated rings. The highest BCUT2D eigenvalue weighted by molar-refractivity contribution is 7.80. The quantitative estimate of drug-likeness (QED) is 0.850. The summed E-state index contributed by atoms with van der Waals surface area (Å²) >= 11 is 16.8. The van der Waals surface area contributed by atoms with Gasteiger partial charge in [-0.3, -0.25) is 0 Å². The summed E-state index contributed by atoms with van der Waals surface area (Å²) in [5.41, 5.74) is 0. The zero-order valence-corrected chi connectivity index (χ0v) is 11.4. The lowest BCUT2D eigenvalue weighted by atomic mass is 10.4. The molecule has 0 radical (unpaired) electrons. The van der Waals surface area contributed by atoms with Crippen LogP contribution in [0.4, 0.5) is 5.82 Å². The van der Waals surface area contributed by atoms with Gasteiger partial charge in [-0.2, -0.15) is 0 Å². The van der Waals surface area contributed by atoms with Crippen LogP contribution in [-0.4, -0.2) is 10.1 Å². The number of rotatable bonds is 3. The highest BCUT2D eigenvalue weighted by Gasteiger charge is 2.05. The summed E-state index contributed by atoms with van der Waals surface area (Å²) in [7, 11) is 0. The van der Waals surface area contributed by atoms with E-state index < -0.39 is 0 Å². The van der Waals surface area contributed by atoms with Crippen molar-refractivity contribution in [2.24, 2.45) is 0 Å². The van der Waals surface area contributed by atoms with Crippen LogP contribution in [-0.2, 0) is 6.54 Å². The van der Waals surface area contributed by atoms with Crippen molar-refractivity contribution >= 4 is 46.4 Å². The average molecular weight is 302 g/mol. The van der Waals surface area contributed by atoms with E-state index in [0.29, 0.717) is 27.5 Å². The topological polar surface area (TPSA) is 50.1 Å². The molecule has 0 unspecified atom stereocenters. The molecule has 0 spiro atoms. The Hall–Kier alpha value is -1.30. The van der Waals surface area contributed by atoms with E-state index in [9.17, 15) is 0 Å². The summed E-state index contributed by atoms with van der Waals surface area (Å²) in [6.45, 7) is 0.490. The Labute approximate surface area is 119 Å². The fourth-order valence-corrected chi connectivity index (χ4v) is 1.84. The Morgan fingerprint density at radius 3 is 2.94 bits per heavy atom. The number of halogens is 2. The molecule has 2 aromatic heterocycles. The lowest BCUT2D eigenvalue weighted by Gasteiger charge is -2.09. The standard InChI is InChI=1S/C11H9Cl2N3OS/c12-7-4-9(13)10(14-5-7)16-11(18)15-6-8-2-1-3-17-8/h1-5H,6H2,(H2,14,15,16,18). The molecule has 7 heteroatoms. The minimum absolute atomic E-state index is 0.406. The number of hydrogen-bond donors (Lipinski definition) is 2. The van der Waals surface area contributed by atoms with Crippen LogP contribution in [0.5, 0.6) is 0 Å². The van der Waals surface area contributed by atoms with Gasteiger partial charge in [-0.25, -0.2) is 4.98 Å². The maximum Gasteiger partial charge on any atom is 0.172 e. The molecule has 0 aromatic carbocycles. The molecule has 0 atom stereocenters. The first-order valence-electron chi connectivity index (χ1n) is 5.03. The SMILES string of the molecule is S=C(NCc1ccco1)Nc1ncc(Cl)cc1Cl. The highest BCUT2D eigenvalue weighted by atomic mass is 35.5. The van der Waals surface area contributed by atoms with Crippen LogP contribution in [0, 0.1) is 0 Å². The summed E-state index contributed by atoms with van der Waals surface area (Å²) in [6.07, 6.45) is 3.09. The third kappa shape index (κ3) is 3.60. The molecule has 4 nitrogen and oxygen atoms in total. The second-order valence-corrected chi connectivity index (χ2v) is 4.62. The highest BCUT2D eigenvalue weighted by Crippen LogP contribution is 2.22. The number of thiocarbonyl (C=S) groups is 1. The van der Waals surface area contributed by atoms with E-state index in [1.165, 1.54) is 6.20 Å². The van der Waals surface area contributed by atoms with Gasteiger partial charge in [-0.05, 0) is 30.4 Å². The molecule has 2 rings (SSSR count). The third-order valence-corrected chi connectivity index (χ3v) is 2.78. The van der Waals surface area contributed by atoms with Crippen molar-refractivity contribution < 1.29 is 4.42 Å². The van der Waals surface area contributed by atoms with Crippen LogP contribution in [0.15, 0.2) is 35.1 Å². The van der Waals surface area contributed by atoms with Gasteiger partial charge in [0, 0.05) is 6.20 Å². The average Bonchev–Trinajstić information content (AvgIpc) is 2.83. The second kappa shape index (κ2) is 6.04. The van der Waals surface area contributed by atoms with Gasteiger partial charge in [0.1, 0.15) is 5.76 Å². The molecule has 0 aliphatic carbocycles. The number of pyridine rings is 1. The van der Waals surface area contributed by atoms with Crippen LogP contribution in [0.3, 0.4) is 0 Å². The summed E-state index contributed by atoms with van der Waals surface area (Å²) < 4.78 is 5.16. The monoisotopic (exact) mass is 301 g/mol. The number of aromatic nitrogens is 1. The summed E-state index contributed by atoms with van der Waals surface area (Å²) in [5, 5.41) is 7.13. The number of furan rings is 1. The van der Waals surface area contributed by atoms with Crippen LogP contribution in [0.25, 0.3) is 0 Å². The summed E-state index contributed by atoms with van der Waals surface area (Å²) in [4.78, 5) is 4.04. The summed E-state index contributed by atoms with van der Waals surface area (Å²) in [6, 6.07) is 5.25. The van der Waals surface area contributed by atoms with Crippen molar-refractivity contribution in [2.45, 2.75) is 6.54 Å². The Morgan fingerprint density at radius 1 is 1.44 bits per heavy atom. The minimum Gasteiger partial charge on any atom is -0.467 e. The van der Waals surface area contributed by atoms with Gasteiger partial charge < -0.3 is 15.1 Å². The van der Waals surface area contributed by atoms with Crippen molar-refractivity contribution in [3.05, 3.63) is 46.5 Å². The molecule has 2 N–H and O–H groups in total. The van der Waals surface area contributed by atoms with E-state index in [4.69, 9.17) is 39.8 Å². The predicted octanol–water partition coefficient (Wildman–Crippen LogP) is 3.47. The molecule has 18 heavy (non-hydrogen) atoms. The van der Waals surface area contributed by atoms with Gasteiger partial charge in [-0.1, -0.05) is 23.2 Å². The van der Waals surface area contributed by atoms with Gasteiger partial charge in [0.2, 0.25) is 0 Å². The van der Waals surface area contributed by atoms with Crippen LogP contribution >= 0.6 is 35.4 Å². The van der Waals surface area contributed by atoms with Crippen molar-refractivity contribution in [3.8, 4) is 0 Å². The fourth-order valence-electron chi connectivity index (χ4n) is 1.24. The molecule has 0 bridgehead atoms. The van der Waals surface area contributed by atoms with Crippen molar-refractivity contribution in [2.75, 3.05) is 5.32 Å². The van der Waals surface area contributed by atoms with Gasteiger partial charge in [0.05, 0.1) is 22.9 Å². The number of anilines is 1. The van der Waals surface area contributed by atoms with Crippen LogP contribution in [0.1, 0.15) is 5.76 Å². The first kappa shape index (κ1) is 13.1. The second-order valence-electron chi connectivity index (χ2n) is 3.37. The van der Waals surface area contributed by atoms with E-state index in [2.05, 4.69) is 15.6 Å². The van der Waals surface area contributed by atoms with E-state index in [-0.39, 0.29) is 0 Å². The lowest BCUT2D eigenvalue weighted by Crippen LogP contribution is -2.28. The van der Waals surface area contributed by atoms with E-state index in [0.717, 1.165) is 5.76 Å². The van der Waals surface area contributed by atoms with E-state index in [1.54, 1.807) is 12.3 Å². The molecule has 0 saturated carbocycles. The van der Waals surface area contributed by atoms with Gasteiger partial charge >= 0.3 is 0 Å². The Bertz CT molecular complexity index is 545. The maximum absolute atomic E-state index is 5.96. The van der Waals surface area contributed by atoms with E-state index in [1.807, 2.05) is 12.1 Å². The lowest BCUT2D eigenvalue weighted by molar-refractivity contribution is 0.503. The van der Waals surface area contributed by atoms with E-state index >= 15 is 0 Å². The zero-order valence-electron chi connectivity index (χ0n) is 9.11. The normalized spacial score (nSPS) is 10.1. The molecule has 2 heterocycles. The Kier molecular flexibility index (Phi) is 4.41. The van der Waals surface area contributed by atoms with Crippen molar-refractivity contribution in [1.29, 1.82) is 0 Å². The summed E-state index contributed by atoms with van der Waals surface area (Å²) in [5.74, 6) is 1.24. The first-order chi connectivity index (χ1) is 8.65. The number of hydrogen-bond acceptors (Lipinski definition) is 3. The van der Waals surface area contributed by atoms with Crippen molar-refractivity contribution in [1.82, 2.24) is 10.3 Å². The maximum atomic E-state index is 5.96.